The number of fused-ring (bicyclic) bond motifs is 1. The molecule has 2 aromatic rings. The molecule has 0 aliphatic carbocycles. The number of nitrogens with zero attached hydrogens (tertiary/aromatic N) is 2. The van der Waals surface area contributed by atoms with Crippen LogP contribution in [0.3, 0.4) is 0 Å². The Hall–Kier alpha value is -2.10. The van der Waals surface area contributed by atoms with Crippen molar-refractivity contribution in [2.75, 3.05) is 6.61 Å². The number of hydrogen-bond donors (Lipinski definition) is 0. The SMILES string of the molecule is CCn1nc(C)cc1C(=O)c1cccc2c1OCCC2. The van der Waals surface area contributed by atoms with Gasteiger partial charge >= 0.3 is 0 Å². The Morgan fingerprint density at radius 3 is 3.10 bits per heavy atom. The molecule has 0 saturated heterocycles. The Kier molecular flexibility index (Phi) is 3.30. The fraction of sp³-hybridized carbons (Fsp3) is 0.375. The number of ketones is 1. The molecule has 2 heterocycles. The highest BCUT2D eigenvalue weighted by molar-refractivity contribution is 6.10. The lowest BCUT2D eigenvalue weighted by molar-refractivity contribution is 0.102. The second-order valence-electron chi connectivity index (χ2n) is 5.06. The van der Waals surface area contributed by atoms with E-state index in [9.17, 15) is 4.79 Å². The Labute approximate surface area is 118 Å². The van der Waals surface area contributed by atoms with E-state index in [0.717, 1.165) is 29.8 Å². The van der Waals surface area contributed by atoms with E-state index in [4.69, 9.17) is 4.74 Å². The number of carbonyl (C=O) groups excluding carboxylic acids is 1. The van der Waals surface area contributed by atoms with Gasteiger partial charge in [-0.1, -0.05) is 12.1 Å². The number of rotatable bonds is 3. The van der Waals surface area contributed by atoms with Gasteiger partial charge in [-0.15, -0.1) is 0 Å². The molecular weight excluding hydrogens is 252 g/mol. The molecule has 0 spiro atoms. The topological polar surface area (TPSA) is 44.1 Å². The predicted octanol–water partition coefficient (Wildman–Crippen LogP) is 2.77. The summed E-state index contributed by atoms with van der Waals surface area (Å²) in [5, 5.41) is 4.34. The zero-order valence-electron chi connectivity index (χ0n) is 11.8. The number of ether oxygens (including phenoxy) is 1. The van der Waals surface area contributed by atoms with Crippen molar-refractivity contribution < 1.29 is 9.53 Å². The molecule has 4 nitrogen and oxygen atoms in total. The van der Waals surface area contributed by atoms with Crippen LogP contribution < -0.4 is 4.74 Å². The van der Waals surface area contributed by atoms with E-state index >= 15 is 0 Å². The summed E-state index contributed by atoms with van der Waals surface area (Å²) in [7, 11) is 0. The van der Waals surface area contributed by atoms with E-state index in [1.165, 1.54) is 0 Å². The van der Waals surface area contributed by atoms with E-state index in [-0.39, 0.29) is 5.78 Å². The number of hydrogen-bond acceptors (Lipinski definition) is 3. The molecule has 0 saturated carbocycles. The lowest BCUT2D eigenvalue weighted by atomic mass is 9.99. The second-order valence-corrected chi connectivity index (χ2v) is 5.06. The highest BCUT2D eigenvalue weighted by Gasteiger charge is 2.22. The van der Waals surface area contributed by atoms with E-state index in [0.29, 0.717) is 24.4 Å². The van der Waals surface area contributed by atoms with Gasteiger partial charge in [0, 0.05) is 6.54 Å². The van der Waals surface area contributed by atoms with Gasteiger partial charge in [0.15, 0.2) is 0 Å². The van der Waals surface area contributed by atoms with Gasteiger partial charge < -0.3 is 4.74 Å². The summed E-state index contributed by atoms with van der Waals surface area (Å²) in [5.41, 5.74) is 3.27. The molecule has 20 heavy (non-hydrogen) atoms. The van der Waals surface area contributed by atoms with Crippen LogP contribution in [-0.4, -0.2) is 22.2 Å². The molecule has 1 aromatic carbocycles. The largest absolute Gasteiger partial charge is 0.493 e. The molecule has 4 heteroatoms. The van der Waals surface area contributed by atoms with Gasteiger partial charge in [0.2, 0.25) is 5.78 Å². The molecule has 104 valence electrons. The fourth-order valence-electron chi connectivity index (χ4n) is 2.68. The lowest BCUT2D eigenvalue weighted by Crippen LogP contribution is -2.15. The van der Waals surface area contributed by atoms with Gasteiger partial charge in [-0.3, -0.25) is 9.48 Å². The lowest BCUT2D eigenvalue weighted by Gasteiger charge is -2.19. The molecule has 1 aliphatic rings. The third-order valence-electron chi connectivity index (χ3n) is 3.61. The monoisotopic (exact) mass is 270 g/mol. The summed E-state index contributed by atoms with van der Waals surface area (Å²) in [4.78, 5) is 12.8. The minimum Gasteiger partial charge on any atom is -0.493 e. The van der Waals surface area contributed by atoms with Crippen molar-refractivity contribution in [3.8, 4) is 5.75 Å². The average molecular weight is 270 g/mol. The maximum atomic E-state index is 12.8. The Balaban J connectivity index is 2.06. The highest BCUT2D eigenvalue weighted by Crippen LogP contribution is 2.30. The standard InChI is InChI=1S/C16H18N2O2/c1-3-18-14(10-11(2)17-18)15(19)13-8-4-6-12-7-5-9-20-16(12)13/h4,6,8,10H,3,5,7,9H2,1-2H3. The van der Waals surface area contributed by atoms with Crippen molar-refractivity contribution in [3.63, 3.8) is 0 Å². The Morgan fingerprint density at radius 1 is 1.45 bits per heavy atom. The Morgan fingerprint density at radius 2 is 2.30 bits per heavy atom. The minimum atomic E-state index is -0.00815. The first-order valence-electron chi connectivity index (χ1n) is 7.04. The molecule has 0 radical (unpaired) electrons. The third kappa shape index (κ3) is 2.11. The van der Waals surface area contributed by atoms with E-state index in [1.807, 2.05) is 38.1 Å². The summed E-state index contributed by atoms with van der Waals surface area (Å²) >= 11 is 0. The van der Waals surface area contributed by atoms with Gasteiger partial charge in [-0.2, -0.15) is 5.10 Å². The van der Waals surface area contributed by atoms with Crippen LogP contribution >= 0.6 is 0 Å². The van der Waals surface area contributed by atoms with Crippen molar-refractivity contribution in [1.82, 2.24) is 9.78 Å². The highest BCUT2D eigenvalue weighted by atomic mass is 16.5. The maximum Gasteiger partial charge on any atom is 0.214 e. The van der Waals surface area contributed by atoms with Crippen LogP contribution in [0.25, 0.3) is 0 Å². The molecule has 0 unspecified atom stereocenters. The van der Waals surface area contributed by atoms with E-state index in [2.05, 4.69) is 5.10 Å². The average Bonchev–Trinajstić information content (AvgIpc) is 2.87. The van der Waals surface area contributed by atoms with E-state index in [1.54, 1.807) is 4.68 Å². The van der Waals surface area contributed by atoms with Crippen LogP contribution in [-0.2, 0) is 13.0 Å². The number of aromatic nitrogens is 2. The molecule has 3 rings (SSSR count). The first-order valence-corrected chi connectivity index (χ1v) is 7.04. The fourth-order valence-corrected chi connectivity index (χ4v) is 2.68. The zero-order valence-corrected chi connectivity index (χ0v) is 11.8. The first-order chi connectivity index (χ1) is 9.70. The van der Waals surface area contributed by atoms with Gasteiger partial charge in [0.1, 0.15) is 11.4 Å². The zero-order chi connectivity index (χ0) is 14.1. The van der Waals surface area contributed by atoms with Crippen LogP contribution in [0.1, 0.15) is 40.7 Å². The van der Waals surface area contributed by atoms with Gasteiger partial charge in [0.05, 0.1) is 17.9 Å². The van der Waals surface area contributed by atoms with Gasteiger partial charge in [0.25, 0.3) is 0 Å². The van der Waals surface area contributed by atoms with E-state index < -0.39 is 0 Å². The van der Waals surface area contributed by atoms with Crippen molar-refractivity contribution in [1.29, 1.82) is 0 Å². The van der Waals surface area contributed by atoms with Crippen molar-refractivity contribution in [2.45, 2.75) is 33.2 Å². The smallest absolute Gasteiger partial charge is 0.214 e. The summed E-state index contributed by atoms with van der Waals surface area (Å²) in [6.07, 6.45) is 1.99. The van der Waals surface area contributed by atoms with Crippen LogP contribution in [0.5, 0.6) is 5.75 Å². The molecule has 1 aromatic heterocycles. The van der Waals surface area contributed by atoms with Gasteiger partial charge in [-0.05, 0) is 44.4 Å². The summed E-state index contributed by atoms with van der Waals surface area (Å²) in [5.74, 6) is 0.747. The normalized spacial score (nSPS) is 13.7. The first kappa shape index (κ1) is 12.9. The molecule has 0 amide bonds. The molecular formula is C16H18N2O2. The van der Waals surface area contributed by atoms with Crippen LogP contribution in [0, 0.1) is 6.92 Å². The number of para-hydroxylation sites is 1. The van der Waals surface area contributed by atoms with Crippen LogP contribution in [0.2, 0.25) is 0 Å². The number of benzene rings is 1. The third-order valence-corrected chi connectivity index (χ3v) is 3.61. The number of aryl methyl sites for hydroxylation is 3. The molecule has 0 fully saturated rings. The molecule has 0 bridgehead atoms. The van der Waals surface area contributed by atoms with Crippen LogP contribution in [0.4, 0.5) is 0 Å². The van der Waals surface area contributed by atoms with Gasteiger partial charge in [-0.25, -0.2) is 0 Å². The quantitative estimate of drug-likeness (QED) is 0.805. The van der Waals surface area contributed by atoms with Crippen LogP contribution in [0.15, 0.2) is 24.3 Å². The minimum absolute atomic E-state index is 0.00815. The summed E-state index contributed by atoms with van der Waals surface area (Å²) < 4.78 is 7.48. The summed E-state index contributed by atoms with van der Waals surface area (Å²) in [6.45, 7) is 5.26. The predicted molar refractivity (Wildman–Crippen MR) is 76.3 cm³/mol. The molecule has 0 N–H and O–H groups in total. The van der Waals surface area contributed by atoms with Crippen molar-refractivity contribution >= 4 is 5.78 Å². The Bertz CT molecular complexity index is 658. The van der Waals surface area contributed by atoms with Crippen molar-refractivity contribution in [3.05, 3.63) is 46.8 Å². The summed E-state index contributed by atoms with van der Waals surface area (Å²) in [6, 6.07) is 7.65. The molecule has 0 atom stereocenters. The number of carbonyl (C=O) groups is 1. The second kappa shape index (κ2) is 5.12. The van der Waals surface area contributed by atoms with Crippen molar-refractivity contribution in [2.24, 2.45) is 0 Å². The molecule has 1 aliphatic heterocycles. The maximum absolute atomic E-state index is 12.8.